The molecule has 0 aliphatic rings. The number of rotatable bonds is 1. The van der Waals surface area contributed by atoms with Crippen molar-refractivity contribution in [3.8, 4) is 11.1 Å². The van der Waals surface area contributed by atoms with Gasteiger partial charge in [0, 0.05) is 0 Å². The Morgan fingerprint density at radius 1 is 0.667 bits per heavy atom. The Kier molecular flexibility index (Phi) is 8.24. The summed E-state index contributed by atoms with van der Waals surface area (Å²) < 4.78 is 0. The maximum absolute atomic E-state index is 2.29. The Labute approximate surface area is 161 Å². The van der Waals surface area contributed by atoms with E-state index in [4.69, 9.17) is 0 Å². The SMILES string of the molecule is Cc1cc[c-](-c2ccc3cc4ccccc4cc3c2)c1.[CH3-].[CH3-].[CH3-].[Pt+4]. The van der Waals surface area contributed by atoms with Gasteiger partial charge in [-0.25, -0.2) is 0 Å². The van der Waals surface area contributed by atoms with Crippen molar-refractivity contribution in [3.05, 3.63) is 101 Å². The standard InChI is InChI=1S/C20H15.3CH3.Pt/c1-14-6-7-17(10-14)18-8-9-19-11-15-4-2-3-5-16(15)12-20(19)13-18;;;;/h2-13H,1H3;3*1H3;/q4*-1;+4. The van der Waals surface area contributed by atoms with Crippen molar-refractivity contribution in [2.45, 2.75) is 6.92 Å². The zero-order valence-electron chi connectivity index (χ0n) is 14.7. The summed E-state index contributed by atoms with van der Waals surface area (Å²) in [6.45, 7) is 2.14. The molecule has 4 aromatic rings. The first-order chi connectivity index (χ1) is 9.79. The molecule has 0 fully saturated rings. The predicted molar refractivity (Wildman–Crippen MR) is 106 cm³/mol. The fourth-order valence-electron chi connectivity index (χ4n) is 2.86. The molecular weight excluding hydrogens is 471 g/mol. The summed E-state index contributed by atoms with van der Waals surface area (Å²) in [5.41, 5.74) is 3.91. The minimum atomic E-state index is 0. The zero-order valence-corrected chi connectivity index (χ0v) is 17.0. The van der Waals surface area contributed by atoms with Crippen molar-refractivity contribution in [2.24, 2.45) is 0 Å². The van der Waals surface area contributed by atoms with Crippen LogP contribution in [0.3, 0.4) is 0 Å². The number of fused-ring (bicyclic) bond motifs is 2. The number of aryl methyl sites for hydroxylation is 1. The predicted octanol–water partition coefficient (Wildman–Crippen LogP) is 7.04. The van der Waals surface area contributed by atoms with Gasteiger partial charge in [0.2, 0.25) is 0 Å². The second kappa shape index (κ2) is 8.90. The molecule has 0 atom stereocenters. The molecule has 24 heavy (non-hydrogen) atoms. The molecule has 4 rings (SSSR count). The van der Waals surface area contributed by atoms with Crippen molar-refractivity contribution in [3.63, 3.8) is 0 Å². The molecule has 0 aliphatic carbocycles. The molecule has 0 nitrogen and oxygen atoms in total. The minimum absolute atomic E-state index is 0. The fourth-order valence-corrected chi connectivity index (χ4v) is 2.86. The van der Waals surface area contributed by atoms with Gasteiger partial charge in [-0.05, 0) is 22.2 Å². The smallest absolute Gasteiger partial charge is 0.358 e. The summed E-state index contributed by atoms with van der Waals surface area (Å²) in [7, 11) is 0. The molecule has 0 aromatic heterocycles. The monoisotopic (exact) mass is 495 g/mol. The summed E-state index contributed by atoms with van der Waals surface area (Å²) in [4.78, 5) is 0. The second-order valence-electron chi connectivity index (χ2n) is 5.44. The zero-order chi connectivity index (χ0) is 13.5. The van der Waals surface area contributed by atoms with Crippen molar-refractivity contribution in [1.29, 1.82) is 0 Å². The topological polar surface area (TPSA) is 0 Å². The van der Waals surface area contributed by atoms with E-state index in [9.17, 15) is 0 Å². The third-order valence-electron chi connectivity index (χ3n) is 3.95. The first kappa shape index (κ1) is 22.2. The van der Waals surface area contributed by atoms with E-state index in [-0.39, 0.29) is 43.3 Å². The van der Waals surface area contributed by atoms with Crippen LogP contribution < -0.4 is 0 Å². The van der Waals surface area contributed by atoms with Gasteiger partial charge >= 0.3 is 21.1 Å². The molecule has 4 aromatic carbocycles. The van der Waals surface area contributed by atoms with Gasteiger partial charge in [0.25, 0.3) is 0 Å². The van der Waals surface area contributed by atoms with Crippen molar-refractivity contribution in [1.82, 2.24) is 0 Å². The van der Waals surface area contributed by atoms with Gasteiger partial charge < -0.3 is 22.3 Å². The largest absolute Gasteiger partial charge is 4.00 e. The summed E-state index contributed by atoms with van der Waals surface area (Å²) in [5, 5.41) is 5.21. The van der Waals surface area contributed by atoms with Crippen LogP contribution in [0.5, 0.6) is 0 Å². The fraction of sp³-hybridized carbons (Fsp3) is 0.0435. The summed E-state index contributed by atoms with van der Waals surface area (Å²) in [6, 6.07) is 26.4. The maximum atomic E-state index is 2.29. The second-order valence-corrected chi connectivity index (χ2v) is 5.44. The Morgan fingerprint density at radius 3 is 1.83 bits per heavy atom. The molecule has 0 radical (unpaired) electrons. The molecule has 0 heterocycles. The molecule has 0 bridgehead atoms. The quantitative estimate of drug-likeness (QED) is 0.196. The van der Waals surface area contributed by atoms with Gasteiger partial charge in [-0.15, -0.1) is 41.5 Å². The van der Waals surface area contributed by atoms with Crippen LogP contribution in [-0.2, 0) is 21.1 Å². The third kappa shape index (κ3) is 4.00. The van der Waals surface area contributed by atoms with Gasteiger partial charge in [0.05, 0.1) is 0 Å². The van der Waals surface area contributed by atoms with E-state index < -0.39 is 0 Å². The van der Waals surface area contributed by atoms with Gasteiger partial charge in [0.1, 0.15) is 0 Å². The van der Waals surface area contributed by atoms with Gasteiger partial charge in [-0.3, -0.25) is 0 Å². The van der Waals surface area contributed by atoms with Gasteiger partial charge in [0.15, 0.2) is 0 Å². The minimum Gasteiger partial charge on any atom is -0.358 e. The van der Waals surface area contributed by atoms with Gasteiger partial charge in [-0.1, -0.05) is 54.3 Å². The Bertz CT molecular complexity index is 916. The van der Waals surface area contributed by atoms with Crippen LogP contribution in [0.4, 0.5) is 0 Å². The van der Waals surface area contributed by atoms with Crippen LogP contribution in [-0.4, -0.2) is 0 Å². The number of hydrogen-bond acceptors (Lipinski definition) is 0. The van der Waals surface area contributed by atoms with E-state index in [1.807, 2.05) is 0 Å². The average Bonchev–Trinajstić information content (AvgIpc) is 2.91. The Balaban J connectivity index is 0.00000132. The number of hydrogen-bond donors (Lipinski definition) is 0. The van der Waals surface area contributed by atoms with Crippen molar-refractivity contribution in [2.75, 3.05) is 0 Å². The van der Waals surface area contributed by atoms with E-state index in [1.165, 1.54) is 38.2 Å². The molecule has 0 saturated carbocycles. The molecule has 0 N–H and O–H groups in total. The van der Waals surface area contributed by atoms with Crippen LogP contribution in [0.25, 0.3) is 32.7 Å². The van der Waals surface area contributed by atoms with E-state index in [2.05, 4.69) is 79.7 Å². The first-order valence-electron chi connectivity index (χ1n) is 6.96. The Morgan fingerprint density at radius 2 is 1.25 bits per heavy atom. The van der Waals surface area contributed by atoms with Crippen LogP contribution in [0.15, 0.2) is 72.8 Å². The summed E-state index contributed by atoms with van der Waals surface area (Å²) in [6.07, 6.45) is 0. The van der Waals surface area contributed by atoms with Crippen LogP contribution in [0.1, 0.15) is 5.56 Å². The Hall–Kier alpha value is -1.78. The molecule has 126 valence electrons. The molecule has 0 spiro atoms. The van der Waals surface area contributed by atoms with Crippen molar-refractivity contribution >= 4 is 21.5 Å². The van der Waals surface area contributed by atoms with E-state index in [0.29, 0.717) is 0 Å². The normalized spacial score (nSPS) is 9.38. The molecule has 0 unspecified atom stereocenters. The summed E-state index contributed by atoms with van der Waals surface area (Å²) in [5.74, 6) is 0. The van der Waals surface area contributed by atoms with Crippen LogP contribution in [0, 0.1) is 29.2 Å². The molecular formula is C23H24Pt. The van der Waals surface area contributed by atoms with E-state index in [1.54, 1.807) is 0 Å². The van der Waals surface area contributed by atoms with Crippen LogP contribution in [0.2, 0.25) is 0 Å². The molecule has 0 aliphatic heterocycles. The van der Waals surface area contributed by atoms with E-state index in [0.717, 1.165) is 0 Å². The van der Waals surface area contributed by atoms with E-state index >= 15 is 0 Å². The maximum Gasteiger partial charge on any atom is 4.00 e. The molecule has 1 heteroatoms. The molecule has 0 saturated heterocycles. The number of benzene rings is 3. The first-order valence-corrected chi connectivity index (χ1v) is 6.96. The van der Waals surface area contributed by atoms with Crippen LogP contribution >= 0.6 is 0 Å². The van der Waals surface area contributed by atoms with Gasteiger partial charge in [-0.2, -0.15) is 0 Å². The van der Waals surface area contributed by atoms with Crippen molar-refractivity contribution < 1.29 is 21.1 Å². The summed E-state index contributed by atoms with van der Waals surface area (Å²) >= 11 is 0. The third-order valence-corrected chi connectivity index (χ3v) is 3.95. The average molecular weight is 496 g/mol. The molecule has 0 amide bonds.